The van der Waals surface area contributed by atoms with Crippen molar-refractivity contribution in [2.45, 2.75) is 57.0 Å². The first-order valence-electron chi connectivity index (χ1n) is 7.25. The maximum atomic E-state index is 9.90. The Bertz CT molecular complexity index is 339. The molecule has 1 aromatic rings. The average Bonchev–Trinajstić information content (AvgIpc) is 2.47. The van der Waals surface area contributed by atoms with Gasteiger partial charge in [-0.2, -0.15) is 0 Å². The lowest BCUT2D eigenvalue weighted by Crippen LogP contribution is -2.50. The fourth-order valence-corrected chi connectivity index (χ4v) is 3.03. The van der Waals surface area contributed by atoms with E-state index in [9.17, 15) is 5.11 Å². The van der Waals surface area contributed by atoms with Gasteiger partial charge in [-0.3, -0.25) is 0 Å². The zero-order chi connectivity index (χ0) is 12.8. The number of hydrogen-bond acceptors (Lipinski definition) is 2. The first-order valence-corrected chi connectivity index (χ1v) is 7.25. The summed E-state index contributed by atoms with van der Waals surface area (Å²) in [5.41, 5.74) is 0.948. The first kappa shape index (κ1) is 13.6. The van der Waals surface area contributed by atoms with Gasteiger partial charge >= 0.3 is 0 Å². The van der Waals surface area contributed by atoms with E-state index in [1.165, 1.54) is 37.7 Å². The van der Waals surface area contributed by atoms with Gasteiger partial charge in [-0.05, 0) is 24.8 Å². The van der Waals surface area contributed by atoms with E-state index >= 15 is 0 Å². The van der Waals surface area contributed by atoms with Gasteiger partial charge in [0.2, 0.25) is 0 Å². The summed E-state index contributed by atoms with van der Waals surface area (Å²) >= 11 is 0. The largest absolute Gasteiger partial charge is 0.394 e. The molecule has 0 aliphatic heterocycles. The molecule has 1 aromatic carbocycles. The maximum Gasteiger partial charge on any atom is 0.0668 e. The standard InChI is InChI=1S/C16H25NO/c1-2-16(13-18,14-9-5-3-6-10-14)17-15-11-7-4-8-12-15/h3,5-6,9-10,15,17-18H,2,4,7-8,11-13H2,1H3. The summed E-state index contributed by atoms with van der Waals surface area (Å²) in [5.74, 6) is 0. The minimum Gasteiger partial charge on any atom is -0.394 e. The molecule has 2 rings (SSSR count). The summed E-state index contributed by atoms with van der Waals surface area (Å²) in [6.45, 7) is 2.32. The van der Waals surface area contributed by atoms with Crippen LogP contribution in [0.2, 0.25) is 0 Å². The minimum absolute atomic E-state index is 0.171. The van der Waals surface area contributed by atoms with Crippen LogP contribution in [0, 0.1) is 0 Å². The molecular weight excluding hydrogens is 222 g/mol. The van der Waals surface area contributed by atoms with E-state index < -0.39 is 0 Å². The van der Waals surface area contributed by atoms with E-state index in [-0.39, 0.29) is 12.1 Å². The highest BCUT2D eigenvalue weighted by molar-refractivity contribution is 5.24. The molecule has 1 aliphatic carbocycles. The van der Waals surface area contributed by atoms with Crippen LogP contribution < -0.4 is 5.32 Å². The van der Waals surface area contributed by atoms with Gasteiger partial charge < -0.3 is 10.4 Å². The number of benzene rings is 1. The molecule has 18 heavy (non-hydrogen) atoms. The van der Waals surface area contributed by atoms with Gasteiger partial charge in [-0.25, -0.2) is 0 Å². The second-order valence-corrected chi connectivity index (χ2v) is 5.44. The summed E-state index contributed by atoms with van der Waals surface area (Å²) in [7, 11) is 0. The molecule has 2 N–H and O–H groups in total. The molecule has 0 saturated heterocycles. The van der Waals surface area contributed by atoms with Gasteiger partial charge in [-0.1, -0.05) is 56.5 Å². The highest BCUT2D eigenvalue weighted by atomic mass is 16.3. The zero-order valence-electron chi connectivity index (χ0n) is 11.4. The van der Waals surface area contributed by atoms with Gasteiger partial charge in [0.1, 0.15) is 0 Å². The molecule has 0 bridgehead atoms. The lowest BCUT2D eigenvalue weighted by Gasteiger charge is -2.38. The molecule has 0 aromatic heterocycles. The lowest BCUT2D eigenvalue weighted by molar-refractivity contribution is 0.132. The molecule has 2 nitrogen and oxygen atoms in total. The van der Waals surface area contributed by atoms with Crippen molar-refractivity contribution in [3.8, 4) is 0 Å². The van der Waals surface area contributed by atoms with Crippen molar-refractivity contribution in [3.63, 3.8) is 0 Å². The molecule has 0 spiro atoms. The number of aliphatic hydroxyl groups is 1. The van der Waals surface area contributed by atoms with Crippen molar-refractivity contribution in [1.29, 1.82) is 0 Å². The predicted octanol–water partition coefficient (Wildman–Crippen LogP) is 3.21. The Hall–Kier alpha value is -0.860. The molecule has 1 fully saturated rings. The Balaban J connectivity index is 2.15. The van der Waals surface area contributed by atoms with Crippen LogP contribution in [-0.4, -0.2) is 17.8 Å². The van der Waals surface area contributed by atoms with Gasteiger partial charge in [0, 0.05) is 6.04 Å². The van der Waals surface area contributed by atoms with E-state index in [1.54, 1.807) is 0 Å². The smallest absolute Gasteiger partial charge is 0.0668 e. The summed E-state index contributed by atoms with van der Waals surface area (Å²) < 4.78 is 0. The van der Waals surface area contributed by atoms with Crippen molar-refractivity contribution < 1.29 is 5.11 Å². The van der Waals surface area contributed by atoms with Gasteiger partial charge in [-0.15, -0.1) is 0 Å². The van der Waals surface area contributed by atoms with Crippen molar-refractivity contribution >= 4 is 0 Å². The molecule has 2 heteroatoms. The highest BCUT2D eigenvalue weighted by Crippen LogP contribution is 2.28. The van der Waals surface area contributed by atoms with Crippen molar-refractivity contribution in [3.05, 3.63) is 35.9 Å². The molecule has 0 heterocycles. The molecule has 0 amide bonds. The first-order chi connectivity index (χ1) is 8.80. The topological polar surface area (TPSA) is 32.3 Å². The monoisotopic (exact) mass is 247 g/mol. The van der Waals surface area contributed by atoms with E-state index in [0.717, 1.165) is 6.42 Å². The summed E-state index contributed by atoms with van der Waals surface area (Å²) in [4.78, 5) is 0. The highest BCUT2D eigenvalue weighted by Gasteiger charge is 2.32. The van der Waals surface area contributed by atoms with Crippen LogP contribution in [0.3, 0.4) is 0 Å². The zero-order valence-corrected chi connectivity index (χ0v) is 11.4. The van der Waals surface area contributed by atoms with Crippen LogP contribution in [0.5, 0.6) is 0 Å². The fourth-order valence-electron chi connectivity index (χ4n) is 3.03. The quantitative estimate of drug-likeness (QED) is 0.837. The molecule has 1 aliphatic rings. The predicted molar refractivity (Wildman–Crippen MR) is 75.5 cm³/mol. The van der Waals surface area contributed by atoms with E-state index in [4.69, 9.17) is 0 Å². The average molecular weight is 247 g/mol. The Morgan fingerprint density at radius 1 is 1.17 bits per heavy atom. The van der Waals surface area contributed by atoms with Crippen molar-refractivity contribution in [2.75, 3.05) is 6.61 Å². The second-order valence-electron chi connectivity index (χ2n) is 5.44. The summed E-state index contributed by atoms with van der Waals surface area (Å²) in [6.07, 6.45) is 7.41. The molecule has 0 radical (unpaired) electrons. The van der Waals surface area contributed by atoms with Crippen LogP contribution in [0.25, 0.3) is 0 Å². The Labute approximate surface area is 110 Å². The third kappa shape index (κ3) is 2.93. The Kier molecular flexibility index (Phi) is 4.79. The summed E-state index contributed by atoms with van der Waals surface area (Å²) in [5, 5.41) is 13.6. The fraction of sp³-hybridized carbons (Fsp3) is 0.625. The van der Waals surface area contributed by atoms with Gasteiger partial charge in [0.15, 0.2) is 0 Å². The maximum absolute atomic E-state index is 9.90. The summed E-state index contributed by atoms with van der Waals surface area (Å²) in [6, 6.07) is 10.9. The van der Waals surface area contributed by atoms with Crippen LogP contribution in [0.15, 0.2) is 30.3 Å². The van der Waals surface area contributed by atoms with Gasteiger partial charge in [0.05, 0.1) is 12.1 Å². The Morgan fingerprint density at radius 3 is 2.39 bits per heavy atom. The van der Waals surface area contributed by atoms with Crippen molar-refractivity contribution in [1.82, 2.24) is 5.32 Å². The second kappa shape index (κ2) is 6.35. The lowest BCUT2D eigenvalue weighted by atomic mass is 9.85. The van der Waals surface area contributed by atoms with Crippen molar-refractivity contribution in [2.24, 2.45) is 0 Å². The third-order valence-electron chi connectivity index (χ3n) is 4.29. The number of nitrogens with one attached hydrogen (secondary N) is 1. The van der Waals surface area contributed by atoms with E-state index in [2.05, 4.69) is 36.5 Å². The Morgan fingerprint density at radius 2 is 1.83 bits per heavy atom. The molecular formula is C16H25NO. The molecule has 1 unspecified atom stereocenters. The number of hydrogen-bond donors (Lipinski definition) is 2. The number of rotatable bonds is 5. The normalized spacial score (nSPS) is 20.6. The minimum atomic E-state index is -0.261. The van der Waals surface area contributed by atoms with Crippen LogP contribution in [0.4, 0.5) is 0 Å². The molecule has 1 saturated carbocycles. The SMILES string of the molecule is CCC(CO)(NC1CCCCC1)c1ccccc1. The van der Waals surface area contributed by atoms with E-state index in [1.807, 2.05) is 6.07 Å². The van der Waals surface area contributed by atoms with Crippen LogP contribution in [-0.2, 0) is 5.54 Å². The van der Waals surface area contributed by atoms with Crippen LogP contribution >= 0.6 is 0 Å². The third-order valence-corrected chi connectivity index (χ3v) is 4.29. The van der Waals surface area contributed by atoms with Gasteiger partial charge in [0.25, 0.3) is 0 Å². The number of aliphatic hydroxyl groups excluding tert-OH is 1. The molecule has 1 atom stereocenters. The van der Waals surface area contributed by atoms with Crippen LogP contribution in [0.1, 0.15) is 51.0 Å². The van der Waals surface area contributed by atoms with E-state index in [0.29, 0.717) is 6.04 Å². The molecule has 100 valence electrons.